The van der Waals surface area contributed by atoms with Crippen LogP contribution >= 0.6 is 7.82 Å². The normalized spacial score (nSPS) is 14.3. The Hall–Kier alpha value is -4.12. The van der Waals surface area contributed by atoms with Gasteiger partial charge < -0.3 is 24.2 Å². The van der Waals surface area contributed by atoms with E-state index in [0.717, 1.165) is 109 Å². The molecule has 0 saturated carbocycles. The lowest BCUT2D eigenvalue weighted by molar-refractivity contribution is -0.161. The predicted molar refractivity (Wildman–Crippen MR) is 297 cm³/mol. The number of hydrogen-bond acceptors (Lipinski definition) is 10. The number of carbonyl (C=O) groups is 3. The van der Waals surface area contributed by atoms with E-state index >= 15 is 0 Å². The van der Waals surface area contributed by atoms with Crippen LogP contribution in [-0.2, 0) is 42.2 Å². The fourth-order valence-corrected chi connectivity index (χ4v) is 7.53. The van der Waals surface area contributed by atoms with Gasteiger partial charge in [-0.05, 0) is 116 Å². The first-order chi connectivity index (χ1) is 35.2. The number of hydrogen-bond donors (Lipinski definition) is 2. The van der Waals surface area contributed by atoms with Gasteiger partial charge in [-0.2, -0.15) is 0 Å². The summed E-state index contributed by atoms with van der Waals surface area (Å²) in [6.07, 6.45) is 64.7. The molecule has 0 fully saturated rings. The molecule has 0 aliphatic heterocycles. The topological polar surface area (TPSA) is 155 Å². The summed E-state index contributed by atoms with van der Waals surface area (Å²) < 4.78 is 39.3. The predicted octanol–water partition coefficient (Wildman–Crippen LogP) is 16.0. The molecular weight excluding hydrogens is 928 g/mol. The highest BCUT2D eigenvalue weighted by Crippen LogP contribution is 2.43. The molecule has 0 spiro atoms. The summed E-state index contributed by atoms with van der Waals surface area (Å²) in [7, 11) is -4.78. The van der Waals surface area contributed by atoms with E-state index in [-0.39, 0.29) is 25.9 Å². The highest BCUT2D eigenvalue weighted by atomic mass is 31.2. The van der Waals surface area contributed by atoms with Crippen LogP contribution in [0.25, 0.3) is 0 Å². The maximum absolute atomic E-state index is 12.9. The molecule has 11 nitrogen and oxygen atoms in total. The van der Waals surface area contributed by atoms with Gasteiger partial charge >= 0.3 is 25.7 Å². The van der Waals surface area contributed by atoms with Gasteiger partial charge in [-0.1, -0.05) is 187 Å². The van der Waals surface area contributed by atoms with Gasteiger partial charge in [-0.25, -0.2) is 4.57 Å². The lowest BCUT2D eigenvalue weighted by Crippen LogP contribution is -2.30. The third-order valence-corrected chi connectivity index (χ3v) is 11.8. The Morgan fingerprint density at radius 2 is 0.750 bits per heavy atom. The summed E-state index contributed by atoms with van der Waals surface area (Å²) in [5.74, 6) is -1.62. The van der Waals surface area contributed by atoms with Crippen LogP contribution in [0.4, 0.5) is 0 Å². The Morgan fingerprint density at radius 1 is 0.403 bits per heavy atom. The lowest BCUT2D eigenvalue weighted by Gasteiger charge is -2.21. The van der Waals surface area contributed by atoms with Crippen LogP contribution in [0.2, 0.25) is 0 Å². The molecule has 408 valence electrons. The minimum absolute atomic E-state index is 0.0324. The van der Waals surface area contributed by atoms with Crippen LogP contribution in [0.3, 0.4) is 0 Å². The number of carbonyl (C=O) groups excluding carboxylic acids is 3. The van der Waals surface area contributed by atoms with E-state index in [4.69, 9.17) is 23.3 Å². The number of phosphoric ester groups is 1. The van der Waals surface area contributed by atoms with Crippen molar-refractivity contribution in [1.29, 1.82) is 0 Å². The summed E-state index contributed by atoms with van der Waals surface area (Å²) in [6.45, 7) is 4.24. The van der Waals surface area contributed by atoms with E-state index in [9.17, 15) is 28.9 Å². The van der Waals surface area contributed by atoms with E-state index in [1.807, 2.05) is 12.2 Å². The second-order valence-electron chi connectivity index (χ2n) is 17.6. The SMILES string of the molecule is CC/C=C\C/C=C\C/C=C\C/C=C\C/C=C\C/C=C\CCC(=O)OC(COC(=O)CCCCCCC/C=C\CCCCCC)COP(=O)(O)OCC(CO)OC(=O)CCCCC/C=C\C/C=C\C/C=C\CC. The standard InChI is InChI=1S/C60H97O11P/c1-4-7-10-13-16-19-22-25-26-27-28-29-30-33-36-39-42-45-48-51-60(64)71-57(53-67-58(62)49-46-43-40-37-34-31-23-20-17-14-11-8-5-2)55-69-72(65,66)68-54-56(52-61)70-59(63)50-47-44-41-38-35-32-24-21-18-15-12-9-6-3/h7,9-10,12,16,18-21,23,25-26,28-29,32-33,35-36,42,45,56-57,61H,4-6,8,11,13-15,17,22,24,27,30-31,34,37-41,43-44,46-55H2,1-3H3,(H,65,66)/b10-7-,12-9-,19-16-,21-18-,23-20-,26-25-,29-28-,35-32-,36-33-,45-42-. The van der Waals surface area contributed by atoms with Crippen LogP contribution in [0.15, 0.2) is 122 Å². The Morgan fingerprint density at radius 3 is 1.22 bits per heavy atom. The fraction of sp³-hybridized carbons (Fsp3) is 0.617. The van der Waals surface area contributed by atoms with E-state index in [1.54, 1.807) is 0 Å². The molecular formula is C60H97O11P. The van der Waals surface area contributed by atoms with Gasteiger partial charge in [0.2, 0.25) is 0 Å². The van der Waals surface area contributed by atoms with Gasteiger partial charge in [0, 0.05) is 19.3 Å². The van der Waals surface area contributed by atoms with Crippen molar-refractivity contribution in [3.8, 4) is 0 Å². The third-order valence-electron chi connectivity index (χ3n) is 10.9. The smallest absolute Gasteiger partial charge is 0.462 e. The summed E-state index contributed by atoms with van der Waals surface area (Å²) in [5, 5.41) is 9.78. The maximum Gasteiger partial charge on any atom is 0.472 e. The molecule has 0 aromatic heterocycles. The van der Waals surface area contributed by atoms with E-state index in [0.29, 0.717) is 25.7 Å². The highest BCUT2D eigenvalue weighted by Gasteiger charge is 2.28. The van der Waals surface area contributed by atoms with Gasteiger partial charge in [0.25, 0.3) is 0 Å². The molecule has 0 aromatic rings. The molecule has 3 atom stereocenters. The Balaban J connectivity index is 4.90. The molecule has 0 aliphatic rings. The summed E-state index contributed by atoms with van der Waals surface area (Å²) in [5.41, 5.74) is 0. The van der Waals surface area contributed by atoms with Crippen LogP contribution in [0.5, 0.6) is 0 Å². The van der Waals surface area contributed by atoms with Crippen LogP contribution in [0.1, 0.15) is 201 Å². The van der Waals surface area contributed by atoms with Crippen molar-refractivity contribution in [3.05, 3.63) is 122 Å². The zero-order valence-electron chi connectivity index (χ0n) is 44.8. The minimum atomic E-state index is -4.78. The van der Waals surface area contributed by atoms with Crippen molar-refractivity contribution in [1.82, 2.24) is 0 Å². The summed E-state index contributed by atoms with van der Waals surface area (Å²) >= 11 is 0. The van der Waals surface area contributed by atoms with Gasteiger partial charge in [-0.15, -0.1) is 0 Å². The van der Waals surface area contributed by atoms with E-state index in [2.05, 4.69) is 130 Å². The first-order valence-electron chi connectivity index (χ1n) is 27.4. The van der Waals surface area contributed by atoms with Crippen LogP contribution in [0, 0.1) is 0 Å². The number of ether oxygens (including phenoxy) is 3. The van der Waals surface area contributed by atoms with Crippen molar-refractivity contribution in [2.75, 3.05) is 26.4 Å². The number of allylic oxidation sites excluding steroid dienone is 20. The Kier molecular flexibility index (Phi) is 50.1. The number of unbranched alkanes of at least 4 members (excludes halogenated alkanes) is 12. The molecule has 0 amide bonds. The molecule has 12 heteroatoms. The number of rotatable bonds is 49. The summed E-state index contributed by atoms with van der Waals surface area (Å²) in [6, 6.07) is 0. The van der Waals surface area contributed by atoms with Crippen LogP contribution < -0.4 is 0 Å². The molecule has 0 aliphatic carbocycles. The highest BCUT2D eigenvalue weighted by molar-refractivity contribution is 7.47. The van der Waals surface area contributed by atoms with Crippen molar-refractivity contribution in [2.24, 2.45) is 0 Å². The van der Waals surface area contributed by atoms with Crippen molar-refractivity contribution in [2.45, 2.75) is 213 Å². The number of aliphatic hydroxyl groups is 1. The third kappa shape index (κ3) is 50.8. The Bertz CT molecular complexity index is 1670. The molecule has 0 radical (unpaired) electrons. The molecule has 0 heterocycles. The van der Waals surface area contributed by atoms with E-state index < -0.39 is 57.8 Å². The van der Waals surface area contributed by atoms with Crippen LogP contribution in [-0.4, -0.2) is 66.5 Å². The fourth-order valence-electron chi connectivity index (χ4n) is 6.74. The minimum Gasteiger partial charge on any atom is -0.462 e. The average Bonchev–Trinajstić information content (AvgIpc) is 3.37. The quantitative estimate of drug-likeness (QED) is 0.0197. The van der Waals surface area contributed by atoms with Crippen molar-refractivity contribution < 1.29 is 52.2 Å². The largest absolute Gasteiger partial charge is 0.472 e. The number of aliphatic hydroxyl groups excluding tert-OH is 1. The van der Waals surface area contributed by atoms with Crippen molar-refractivity contribution in [3.63, 3.8) is 0 Å². The number of phosphoric acid groups is 1. The van der Waals surface area contributed by atoms with Gasteiger partial charge in [0.1, 0.15) is 12.7 Å². The zero-order chi connectivity index (χ0) is 52.7. The average molecular weight is 1030 g/mol. The molecule has 0 bridgehead atoms. The molecule has 0 aromatic carbocycles. The lowest BCUT2D eigenvalue weighted by atomic mass is 10.1. The monoisotopic (exact) mass is 1020 g/mol. The van der Waals surface area contributed by atoms with E-state index in [1.165, 1.54) is 25.7 Å². The number of esters is 3. The van der Waals surface area contributed by atoms with Gasteiger partial charge in [0.05, 0.1) is 19.8 Å². The van der Waals surface area contributed by atoms with Crippen molar-refractivity contribution >= 4 is 25.7 Å². The molecule has 2 N–H and O–H groups in total. The molecule has 0 rings (SSSR count). The second-order valence-corrected chi connectivity index (χ2v) is 19.1. The Labute approximate surface area is 437 Å². The molecule has 0 saturated heterocycles. The second kappa shape index (κ2) is 53.2. The molecule has 72 heavy (non-hydrogen) atoms. The zero-order valence-corrected chi connectivity index (χ0v) is 45.7. The first-order valence-corrected chi connectivity index (χ1v) is 28.9. The molecule has 3 unspecified atom stereocenters. The maximum atomic E-state index is 12.9. The van der Waals surface area contributed by atoms with Gasteiger partial charge in [0.15, 0.2) is 6.10 Å². The van der Waals surface area contributed by atoms with Gasteiger partial charge in [-0.3, -0.25) is 23.4 Å². The summed E-state index contributed by atoms with van der Waals surface area (Å²) in [4.78, 5) is 48.4. The first kappa shape index (κ1) is 67.9.